The first kappa shape index (κ1) is 16.8. The summed E-state index contributed by atoms with van der Waals surface area (Å²) in [5.41, 5.74) is 0.699. The Bertz CT molecular complexity index is 519. The zero-order valence-corrected chi connectivity index (χ0v) is 13.8. The van der Waals surface area contributed by atoms with Gasteiger partial charge in [0.2, 0.25) is 0 Å². The minimum absolute atomic E-state index is 0.116. The van der Waals surface area contributed by atoms with Gasteiger partial charge in [-0.2, -0.15) is 0 Å². The van der Waals surface area contributed by atoms with Crippen LogP contribution in [0.25, 0.3) is 0 Å². The molecule has 0 fully saturated rings. The maximum absolute atomic E-state index is 12.4. The van der Waals surface area contributed by atoms with Crippen LogP contribution in [0, 0.1) is 11.3 Å². The van der Waals surface area contributed by atoms with Crippen LogP contribution in [0.1, 0.15) is 39.2 Å². The highest BCUT2D eigenvalue weighted by atomic mass is 16.5. The lowest BCUT2D eigenvalue weighted by molar-refractivity contribution is -0.128. The van der Waals surface area contributed by atoms with Gasteiger partial charge in [0.25, 0.3) is 0 Å². The van der Waals surface area contributed by atoms with Gasteiger partial charge < -0.3 is 9.47 Å². The first-order chi connectivity index (χ1) is 10.5. The molecule has 1 aromatic carbocycles. The fourth-order valence-electron chi connectivity index (χ4n) is 2.41. The van der Waals surface area contributed by atoms with Crippen LogP contribution < -0.4 is 0 Å². The minimum atomic E-state index is -0.431. The van der Waals surface area contributed by atoms with Gasteiger partial charge in [0.1, 0.15) is 0 Å². The third-order valence-electron chi connectivity index (χ3n) is 3.94. The van der Waals surface area contributed by atoms with Gasteiger partial charge >= 0.3 is 0 Å². The molecule has 0 amide bonds. The Balaban J connectivity index is 1.85. The minimum Gasteiger partial charge on any atom is -0.498 e. The van der Waals surface area contributed by atoms with Gasteiger partial charge in [0.05, 0.1) is 31.0 Å². The summed E-state index contributed by atoms with van der Waals surface area (Å²) in [5, 5.41) is 0. The predicted molar refractivity (Wildman–Crippen MR) is 87.3 cm³/mol. The van der Waals surface area contributed by atoms with Gasteiger partial charge in [-0.15, -0.1) is 0 Å². The smallest absolute Gasteiger partial charge is 0.167 e. The number of ketones is 1. The second-order valence-electron chi connectivity index (χ2n) is 6.72. The number of ether oxygens (including phenoxy) is 2. The van der Waals surface area contributed by atoms with Crippen LogP contribution in [-0.4, -0.2) is 19.0 Å². The summed E-state index contributed by atoms with van der Waals surface area (Å²) >= 11 is 0. The molecule has 0 aromatic heterocycles. The Morgan fingerprint density at radius 2 is 1.95 bits per heavy atom. The quantitative estimate of drug-likeness (QED) is 0.759. The summed E-state index contributed by atoms with van der Waals surface area (Å²) in [4.78, 5) is 12.4. The molecule has 1 aromatic rings. The number of hydrogen-bond acceptors (Lipinski definition) is 3. The van der Waals surface area contributed by atoms with Gasteiger partial charge in [-0.25, -0.2) is 0 Å². The van der Waals surface area contributed by atoms with Crippen molar-refractivity contribution in [2.24, 2.45) is 11.3 Å². The lowest BCUT2D eigenvalue weighted by atomic mass is 9.78. The number of carbonyl (C=O) groups excluding carboxylic acids is 1. The average Bonchev–Trinajstić information content (AvgIpc) is 2.50. The fourth-order valence-corrected chi connectivity index (χ4v) is 2.41. The van der Waals surface area contributed by atoms with Crippen molar-refractivity contribution >= 4 is 5.78 Å². The molecule has 1 unspecified atom stereocenters. The van der Waals surface area contributed by atoms with Gasteiger partial charge in [0, 0.05) is 12.5 Å². The highest BCUT2D eigenvalue weighted by Crippen LogP contribution is 2.33. The maximum atomic E-state index is 12.4. The fraction of sp³-hybridized carbons (Fsp3) is 0.526. The van der Waals surface area contributed by atoms with Crippen molar-refractivity contribution in [2.45, 2.75) is 40.2 Å². The summed E-state index contributed by atoms with van der Waals surface area (Å²) < 4.78 is 11.5. The number of carbonyl (C=O) groups is 1. The molecule has 0 bridgehead atoms. The van der Waals surface area contributed by atoms with Crippen LogP contribution in [-0.2, 0) is 20.9 Å². The molecule has 2 rings (SSSR count). The summed E-state index contributed by atoms with van der Waals surface area (Å²) in [6.07, 6.45) is 3.26. The van der Waals surface area contributed by atoms with E-state index < -0.39 is 5.41 Å². The molecule has 0 heterocycles. The van der Waals surface area contributed by atoms with Gasteiger partial charge in [-0.3, -0.25) is 4.79 Å². The van der Waals surface area contributed by atoms with Crippen LogP contribution in [0.15, 0.2) is 42.2 Å². The van der Waals surface area contributed by atoms with Gasteiger partial charge in [-0.05, 0) is 17.9 Å². The van der Waals surface area contributed by atoms with E-state index in [4.69, 9.17) is 9.47 Å². The van der Waals surface area contributed by atoms with E-state index in [1.54, 1.807) is 6.08 Å². The molecule has 0 spiro atoms. The number of allylic oxidation sites excluding steroid dienone is 2. The van der Waals surface area contributed by atoms with Gasteiger partial charge in [0.15, 0.2) is 5.78 Å². The molecule has 0 saturated carbocycles. The third-order valence-corrected chi connectivity index (χ3v) is 3.94. The van der Waals surface area contributed by atoms with Crippen molar-refractivity contribution in [1.29, 1.82) is 0 Å². The molecule has 0 aliphatic heterocycles. The van der Waals surface area contributed by atoms with E-state index in [1.165, 1.54) is 0 Å². The van der Waals surface area contributed by atoms with Crippen molar-refractivity contribution in [3.63, 3.8) is 0 Å². The highest BCUT2D eigenvalue weighted by Gasteiger charge is 2.35. The summed E-state index contributed by atoms with van der Waals surface area (Å²) in [5.74, 6) is 1.41. The maximum Gasteiger partial charge on any atom is 0.167 e. The molecule has 0 saturated heterocycles. The Kier molecular flexibility index (Phi) is 5.78. The molecule has 120 valence electrons. The second-order valence-corrected chi connectivity index (χ2v) is 6.72. The predicted octanol–water partition coefficient (Wildman–Crippen LogP) is 4.13. The van der Waals surface area contributed by atoms with E-state index in [0.717, 1.165) is 24.2 Å². The van der Waals surface area contributed by atoms with E-state index in [-0.39, 0.29) is 5.78 Å². The molecule has 1 atom stereocenters. The van der Waals surface area contributed by atoms with E-state index >= 15 is 0 Å². The van der Waals surface area contributed by atoms with Crippen LogP contribution in [0.3, 0.4) is 0 Å². The normalized spacial score (nSPS) is 21.8. The molecular formula is C19H26O3. The molecule has 0 radical (unpaired) electrons. The largest absolute Gasteiger partial charge is 0.498 e. The van der Waals surface area contributed by atoms with E-state index in [1.807, 2.05) is 37.3 Å². The topological polar surface area (TPSA) is 35.5 Å². The number of hydrogen-bond donors (Lipinski definition) is 0. The Hall–Kier alpha value is -1.61. The van der Waals surface area contributed by atoms with Crippen molar-refractivity contribution < 1.29 is 14.3 Å². The number of benzene rings is 1. The molecule has 3 nitrogen and oxygen atoms in total. The molecule has 3 heteroatoms. The first-order valence-electron chi connectivity index (χ1n) is 7.99. The molecule has 22 heavy (non-hydrogen) atoms. The summed E-state index contributed by atoms with van der Waals surface area (Å²) in [6.45, 7) is 7.86. The Labute approximate surface area is 133 Å². The van der Waals surface area contributed by atoms with E-state index in [0.29, 0.717) is 25.7 Å². The zero-order valence-electron chi connectivity index (χ0n) is 13.8. The van der Waals surface area contributed by atoms with Crippen LogP contribution >= 0.6 is 0 Å². The number of rotatable bonds is 7. The highest BCUT2D eigenvalue weighted by molar-refractivity contribution is 5.95. The van der Waals surface area contributed by atoms with Crippen LogP contribution in [0.2, 0.25) is 0 Å². The van der Waals surface area contributed by atoms with E-state index in [9.17, 15) is 4.79 Å². The summed E-state index contributed by atoms with van der Waals surface area (Å²) in [7, 11) is 0. The third kappa shape index (κ3) is 4.70. The zero-order chi connectivity index (χ0) is 16.0. The molecular weight excluding hydrogens is 276 g/mol. The Morgan fingerprint density at radius 1 is 1.23 bits per heavy atom. The average molecular weight is 302 g/mol. The first-order valence-corrected chi connectivity index (χ1v) is 7.99. The summed E-state index contributed by atoms with van der Waals surface area (Å²) in [6, 6.07) is 10.0. The molecule has 1 aliphatic rings. The SMILES string of the molecule is CC(C)COC1=CC(=O)C(C)(COCc2ccccc2)CC1. The monoisotopic (exact) mass is 302 g/mol. The van der Waals surface area contributed by atoms with Crippen molar-refractivity contribution in [3.05, 3.63) is 47.7 Å². The van der Waals surface area contributed by atoms with E-state index in [2.05, 4.69) is 13.8 Å². The molecule has 1 aliphatic carbocycles. The van der Waals surface area contributed by atoms with Crippen LogP contribution in [0.4, 0.5) is 0 Å². The lowest BCUT2D eigenvalue weighted by Gasteiger charge is -2.31. The standard InChI is InChI=1S/C19H26O3/c1-15(2)12-22-17-9-10-19(3,18(20)11-17)14-21-13-16-7-5-4-6-8-16/h4-8,11,15H,9-10,12-14H2,1-3H3. The van der Waals surface area contributed by atoms with Crippen molar-refractivity contribution in [1.82, 2.24) is 0 Å². The molecule has 0 N–H and O–H groups in total. The van der Waals surface area contributed by atoms with Crippen LogP contribution in [0.5, 0.6) is 0 Å². The van der Waals surface area contributed by atoms with Crippen molar-refractivity contribution in [3.8, 4) is 0 Å². The Morgan fingerprint density at radius 3 is 2.59 bits per heavy atom. The lowest BCUT2D eigenvalue weighted by Crippen LogP contribution is -2.35. The van der Waals surface area contributed by atoms with Crippen molar-refractivity contribution in [2.75, 3.05) is 13.2 Å². The van der Waals surface area contributed by atoms with Gasteiger partial charge in [-0.1, -0.05) is 51.1 Å². The second kappa shape index (κ2) is 7.59.